The Labute approximate surface area is 205 Å². The van der Waals surface area contributed by atoms with Crippen LogP contribution in [0.15, 0.2) is 49.3 Å². The third-order valence-corrected chi connectivity index (χ3v) is 6.09. The standard InChI is InChI=1S/C24H23FN10O/c1-14-11-34(8-6-26-14)24-27-10-18-22(33-24)23(30-12-28-18)32-17-3-4-19(15(2)21(17)25)36-16-5-7-35-20(9-16)29-13-31-35/h3-5,7,9-10,12-14,26H,6,8,11H2,1-2H3,(H,28,30,32)/t14-/m0/s1. The number of rotatable bonds is 5. The first-order valence-electron chi connectivity index (χ1n) is 11.5. The maximum atomic E-state index is 15.4. The fraction of sp³-hybridized carbons (Fsp3) is 0.250. The molecule has 1 atom stereocenters. The molecule has 1 aliphatic heterocycles. The van der Waals surface area contributed by atoms with Gasteiger partial charge in [0.05, 0.1) is 11.9 Å². The van der Waals surface area contributed by atoms with Crippen molar-refractivity contribution in [2.45, 2.75) is 19.9 Å². The minimum atomic E-state index is -0.451. The smallest absolute Gasteiger partial charge is 0.226 e. The first-order chi connectivity index (χ1) is 17.5. The van der Waals surface area contributed by atoms with Crippen molar-refractivity contribution in [3.8, 4) is 11.5 Å². The van der Waals surface area contributed by atoms with Crippen molar-refractivity contribution in [2.75, 3.05) is 29.9 Å². The van der Waals surface area contributed by atoms with Gasteiger partial charge in [-0.3, -0.25) is 0 Å². The number of nitrogens with zero attached hydrogens (tertiary/aromatic N) is 8. The quantitative estimate of drug-likeness (QED) is 0.383. The second-order valence-electron chi connectivity index (χ2n) is 8.63. The molecule has 5 heterocycles. The Morgan fingerprint density at radius 3 is 2.94 bits per heavy atom. The van der Waals surface area contributed by atoms with Gasteiger partial charge in [-0.05, 0) is 32.0 Å². The van der Waals surface area contributed by atoms with Gasteiger partial charge < -0.3 is 20.3 Å². The van der Waals surface area contributed by atoms with Crippen LogP contribution < -0.4 is 20.3 Å². The molecule has 4 aromatic heterocycles. The fourth-order valence-corrected chi connectivity index (χ4v) is 4.19. The number of anilines is 3. The predicted octanol–water partition coefficient (Wildman–Crippen LogP) is 3.24. The van der Waals surface area contributed by atoms with Gasteiger partial charge in [-0.1, -0.05) is 0 Å². The van der Waals surface area contributed by atoms with Gasteiger partial charge in [0.2, 0.25) is 5.95 Å². The molecule has 182 valence electrons. The molecule has 0 saturated carbocycles. The van der Waals surface area contributed by atoms with Crippen LogP contribution in [0, 0.1) is 12.7 Å². The number of nitrogens with one attached hydrogen (secondary N) is 2. The number of ether oxygens (including phenoxy) is 1. The number of hydrogen-bond acceptors (Lipinski definition) is 10. The lowest BCUT2D eigenvalue weighted by Gasteiger charge is -2.31. The van der Waals surface area contributed by atoms with E-state index in [1.54, 1.807) is 48.1 Å². The van der Waals surface area contributed by atoms with Crippen LogP contribution in [0.3, 0.4) is 0 Å². The highest BCUT2D eigenvalue weighted by atomic mass is 19.1. The molecule has 1 saturated heterocycles. The van der Waals surface area contributed by atoms with Gasteiger partial charge in [-0.25, -0.2) is 33.8 Å². The number of fused-ring (bicyclic) bond motifs is 2. The molecule has 1 aromatic carbocycles. The largest absolute Gasteiger partial charge is 0.457 e. The number of hydrogen-bond donors (Lipinski definition) is 2. The second kappa shape index (κ2) is 8.96. The molecule has 2 N–H and O–H groups in total. The molecule has 0 amide bonds. The Kier molecular flexibility index (Phi) is 5.49. The average molecular weight is 487 g/mol. The van der Waals surface area contributed by atoms with E-state index in [0.29, 0.717) is 51.6 Å². The lowest BCUT2D eigenvalue weighted by molar-refractivity contribution is 0.471. The lowest BCUT2D eigenvalue weighted by atomic mass is 10.1. The topological polar surface area (TPSA) is 118 Å². The Balaban J connectivity index is 1.29. The maximum Gasteiger partial charge on any atom is 0.226 e. The van der Waals surface area contributed by atoms with Crippen LogP contribution in [0.2, 0.25) is 0 Å². The highest BCUT2D eigenvalue weighted by molar-refractivity contribution is 5.87. The van der Waals surface area contributed by atoms with E-state index in [4.69, 9.17) is 9.72 Å². The number of halogens is 1. The van der Waals surface area contributed by atoms with E-state index in [-0.39, 0.29) is 5.69 Å². The van der Waals surface area contributed by atoms with E-state index >= 15 is 4.39 Å². The molecule has 11 nitrogen and oxygen atoms in total. The summed E-state index contributed by atoms with van der Waals surface area (Å²) in [4.78, 5) is 24.1. The molecular weight excluding hydrogens is 463 g/mol. The highest BCUT2D eigenvalue weighted by Crippen LogP contribution is 2.33. The summed E-state index contributed by atoms with van der Waals surface area (Å²) in [7, 11) is 0. The number of benzene rings is 1. The zero-order valence-corrected chi connectivity index (χ0v) is 19.7. The summed E-state index contributed by atoms with van der Waals surface area (Å²) in [5.41, 5.74) is 2.33. The van der Waals surface area contributed by atoms with E-state index in [9.17, 15) is 0 Å². The van der Waals surface area contributed by atoms with Gasteiger partial charge in [0.25, 0.3) is 0 Å². The van der Waals surface area contributed by atoms with E-state index in [0.717, 1.165) is 19.6 Å². The van der Waals surface area contributed by atoms with Crippen LogP contribution in [0.4, 0.5) is 21.8 Å². The van der Waals surface area contributed by atoms with Crippen molar-refractivity contribution in [3.63, 3.8) is 0 Å². The Morgan fingerprint density at radius 2 is 2.06 bits per heavy atom. The van der Waals surface area contributed by atoms with Crippen LogP contribution in [-0.4, -0.2) is 60.2 Å². The van der Waals surface area contributed by atoms with Gasteiger partial charge >= 0.3 is 0 Å². The molecule has 12 heteroatoms. The summed E-state index contributed by atoms with van der Waals surface area (Å²) in [6, 6.07) is 7.13. The zero-order valence-electron chi connectivity index (χ0n) is 19.7. The van der Waals surface area contributed by atoms with Crippen LogP contribution in [0.1, 0.15) is 12.5 Å². The van der Waals surface area contributed by atoms with E-state index in [2.05, 4.69) is 47.5 Å². The molecule has 5 aromatic rings. The molecule has 0 radical (unpaired) electrons. The van der Waals surface area contributed by atoms with Gasteiger partial charge in [-0.15, -0.1) is 0 Å². The normalized spacial score (nSPS) is 16.0. The van der Waals surface area contributed by atoms with E-state index < -0.39 is 5.82 Å². The highest BCUT2D eigenvalue weighted by Gasteiger charge is 2.20. The van der Waals surface area contributed by atoms with Crippen molar-refractivity contribution in [1.29, 1.82) is 0 Å². The van der Waals surface area contributed by atoms with E-state index in [1.807, 2.05) is 0 Å². The fourth-order valence-electron chi connectivity index (χ4n) is 4.19. The van der Waals surface area contributed by atoms with Crippen LogP contribution in [0.25, 0.3) is 16.7 Å². The molecule has 0 unspecified atom stereocenters. The molecular formula is C24H23FN10O. The molecule has 0 bridgehead atoms. The summed E-state index contributed by atoms with van der Waals surface area (Å²) < 4.78 is 23.0. The SMILES string of the molecule is Cc1c(Oc2ccn3ncnc3c2)ccc(Nc2ncnc3cnc(N4CCN[C@@H](C)C4)nc23)c1F. The first-order valence-corrected chi connectivity index (χ1v) is 11.5. The minimum absolute atomic E-state index is 0.253. The number of piperazine rings is 1. The number of pyridine rings is 1. The van der Waals surface area contributed by atoms with Gasteiger partial charge in [0.1, 0.15) is 35.2 Å². The van der Waals surface area contributed by atoms with Gasteiger partial charge in [0.15, 0.2) is 17.3 Å². The van der Waals surface area contributed by atoms with Crippen molar-refractivity contribution in [3.05, 3.63) is 60.7 Å². The van der Waals surface area contributed by atoms with Crippen LogP contribution in [-0.2, 0) is 0 Å². The van der Waals surface area contributed by atoms with Crippen molar-refractivity contribution >= 4 is 34.1 Å². The van der Waals surface area contributed by atoms with Crippen molar-refractivity contribution < 1.29 is 9.13 Å². The zero-order chi connectivity index (χ0) is 24.6. The summed E-state index contributed by atoms with van der Waals surface area (Å²) in [5.74, 6) is 1.47. The van der Waals surface area contributed by atoms with Gasteiger partial charge in [-0.2, -0.15) is 5.10 Å². The summed E-state index contributed by atoms with van der Waals surface area (Å²) in [6.45, 7) is 6.22. The third-order valence-electron chi connectivity index (χ3n) is 6.09. The van der Waals surface area contributed by atoms with Crippen molar-refractivity contribution in [2.24, 2.45) is 0 Å². The van der Waals surface area contributed by atoms with Gasteiger partial charge in [0, 0.05) is 43.5 Å². The summed E-state index contributed by atoms with van der Waals surface area (Å²) >= 11 is 0. The summed E-state index contributed by atoms with van der Waals surface area (Å²) in [6.07, 6.45) is 6.27. The Bertz CT molecular complexity index is 1570. The average Bonchev–Trinajstić information content (AvgIpc) is 3.36. The number of aromatic nitrogens is 7. The third kappa shape index (κ3) is 4.11. The predicted molar refractivity (Wildman–Crippen MR) is 132 cm³/mol. The second-order valence-corrected chi connectivity index (χ2v) is 8.63. The molecule has 1 aliphatic rings. The minimum Gasteiger partial charge on any atom is -0.457 e. The lowest BCUT2D eigenvalue weighted by Crippen LogP contribution is -2.49. The van der Waals surface area contributed by atoms with Crippen molar-refractivity contribution in [1.82, 2.24) is 39.9 Å². The molecule has 0 spiro atoms. The maximum absolute atomic E-state index is 15.4. The Morgan fingerprint density at radius 1 is 1.14 bits per heavy atom. The van der Waals surface area contributed by atoms with Crippen LogP contribution in [0.5, 0.6) is 11.5 Å². The van der Waals surface area contributed by atoms with E-state index in [1.165, 1.54) is 12.7 Å². The molecule has 36 heavy (non-hydrogen) atoms. The van der Waals surface area contributed by atoms with Crippen LogP contribution >= 0.6 is 0 Å². The molecule has 6 rings (SSSR count). The Hall–Kier alpha value is -4.45. The molecule has 1 fully saturated rings. The molecule has 0 aliphatic carbocycles. The first kappa shape index (κ1) is 22.0. The monoisotopic (exact) mass is 486 g/mol. The summed E-state index contributed by atoms with van der Waals surface area (Å²) in [5, 5.41) is 10.6.